The van der Waals surface area contributed by atoms with Gasteiger partial charge in [-0.1, -0.05) is 0 Å². The molecule has 0 radical (unpaired) electrons. The topological polar surface area (TPSA) is 146 Å². The molecular weight excluding hydrogens is 443 g/mol. The monoisotopic (exact) mass is 465 g/mol. The standard InChI is InChI=1S/C16H21N3O6.C2HF3O2/c1-21-15(20)13(16(22-2)5-8-23-9-6-16)17-10-12-18-19-14(25-12)11-4-3-7-24-11;3-2(4,5)1(6)7/h3-4,7,13,17H,5-6,8-10H2,1-2H3;(H,6,7). The quantitative estimate of drug-likeness (QED) is 0.577. The Labute approximate surface area is 179 Å². The summed E-state index contributed by atoms with van der Waals surface area (Å²) in [6.07, 6.45) is -2.40. The third-order valence-electron chi connectivity index (χ3n) is 4.61. The molecule has 0 aliphatic carbocycles. The molecule has 11 nitrogen and oxygen atoms in total. The molecular formula is C18H22F3N3O8. The van der Waals surface area contributed by atoms with Gasteiger partial charge < -0.3 is 28.2 Å². The van der Waals surface area contributed by atoms with E-state index in [1.807, 2.05) is 0 Å². The van der Waals surface area contributed by atoms with Gasteiger partial charge in [0.15, 0.2) is 5.76 Å². The second-order valence-electron chi connectivity index (χ2n) is 6.50. The molecule has 14 heteroatoms. The molecule has 0 aromatic carbocycles. The van der Waals surface area contributed by atoms with E-state index in [2.05, 4.69) is 15.5 Å². The second-order valence-corrected chi connectivity index (χ2v) is 6.50. The number of hydrogen-bond acceptors (Lipinski definition) is 10. The number of carbonyl (C=O) groups is 2. The predicted molar refractivity (Wildman–Crippen MR) is 98.1 cm³/mol. The van der Waals surface area contributed by atoms with Gasteiger partial charge in [-0.3, -0.25) is 10.1 Å². The van der Waals surface area contributed by atoms with E-state index in [0.717, 1.165) is 0 Å². The summed E-state index contributed by atoms with van der Waals surface area (Å²) in [6, 6.07) is 2.78. The Morgan fingerprint density at radius 2 is 1.94 bits per heavy atom. The number of esters is 1. The van der Waals surface area contributed by atoms with E-state index in [4.69, 9.17) is 32.9 Å². The summed E-state index contributed by atoms with van der Waals surface area (Å²) in [5.74, 6) is -2.06. The normalized spacial score (nSPS) is 16.5. The van der Waals surface area contributed by atoms with Crippen molar-refractivity contribution in [3.63, 3.8) is 0 Å². The molecule has 2 aromatic heterocycles. The van der Waals surface area contributed by atoms with Gasteiger partial charge in [-0.05, 0) is 12.1 Å². The maximum Gasteiger partial charge on any atom is 0.490 e. The lowest BCUT2D eigenvalue weighted by molar-refractivity contribution is -0.192. The van der Waals surface area contributed by atoms with Gasteiger partial charge in [0, 0.05) is 33.2 Å². The molecule has 0 amide bonds. The smallest absolute Gasteiger partial charge is 0.475 e. The van der Waals surface area contributed by atoms with E-state index in [0.29, 0.717) is 37.7 Å². The van der Waals surface area contributed by atoms with Crippen LogP contribution in [0.5, 0.6) is 0 Å². The number of nitrogens with zero attached hydrogens (tertiary/aromatic N) is 2. The third kappa shape index (κ3) is 6.51. The minimum Gasteiger partial charge on any atom is -0.475 e. The summed E-state index contributed by atoms with van der Waals surface area (Å²) in [7, 11) is 2.94. The number of halogens is 3. The highest BCUT2D eigenvalue weighted by Gasteiger charge is 2.45. The third-order valence-corrected chi connectivity index (χ3v) is 4.61. The number of aliphatic carboxylic acids is 1. The summed E-state index contributed by atoms with van der Waals surface area (Å²) < 4.78 is 58.5. The summed E-state index contributed by atoms with van der Waals surface area (Å²) >= 11 is 0. The first-order valence-corrected chi connectivity index (χ1v) is 9.23. The fourth-order valence-electron chi connectivity index (χ4n) is 2.94. The van der Waals surface area contributed by atoms with Crippen LogP contribution in [-0.2, 0) is 30.3 Å². The molecule has 2 N–H and O–H groups in total. The van der Waals surface area contributed by atoms with Crippen LogP contribution in [0, 0.1) is 0 Å². The maximum atomic E-state index is 12.3. The van der Waals surface area contributed by atoms with Crippen LogP contribution in [0.2, 0.25) is 0 Å². The van der Waals surface area contributed by atoms with Crippen LogP contribution >= 0.6 is 0 Å². The van der Waals surface area contributed by atoms with E-state index in [-0.39, 0.29) is 12.4 Å². The number of aromatic nitrogens is 2. The lowest BCUT2D eigenvalue weighted by Gasteiger charge is -2.40. The van der Waals surface area contributed by atoms with Gasteiger partial charge in [-0.2, -0.15) is 13.2 Å². The number of carboxylic acid groups (broad SMARTS) is 1. The summed E-state index contributed by atoms with van der Waals surface area (Å²) in [5, 5.41) is 18.1. The molecule has 1 aliphatic rings. The van der Waals surface area contributed by atoms with Crippen molar-refractivity contribution in [2.75, 3.05) is 27.4 Å². The van der Waals surface area contributed by atoms with E-state index in [1.165, 1.54) is 13.4 Å². The Kier molecular flexibility index (Phi) is 8.74. The first-order chi connectivity index (χ1) is 15.1. The number of rotatable bonds is 7. The van der Waals surface area contributed by atoms with Crippen LogP contribution in [0.1, 0.15) is 18.7 Å². The van der Waals surface area contributed by atoms with Gasteiger partial charge in [-0.15, -0.1) is 10.2 Å². The highest BCUT2D eigenvalue weighted by atomic mass is 19.4. The Bertz CT molecular complexity index is 863. The number of ether oxygens (including phenoxy) is 3. The van der Waals surface area contributed by atoms with Crippen molar-refractivity contribution < 1.29 is 50.9 Å². The van der Waals surface area contributed by atoms with Crippen molar-refractivity contribution in [1.29, 1.82) is 0 Å². The largest absolute Gasteiger partial charge is 0.490 e. The number of furan rings is 1. The van der Waals surface area contributed by atoms with E-state index in [9.17, 15) is 18.0 Å². The minimum atomic E-state index is -5.08. The Balaban J connectivity index is 0.000000451. The van der Waals surface area contributed by atoms with Crippen LogP contribution in [0.3, 0.4) is 0 Å². The maximum absolute atomic E-state index is 12.3. The van der Waals surface area contributed by atoms with Gasteiger partial charge in [0.1, 0.15) is 6.04 Å². The van der Waals surface area contributed by atoms with Crippen LogP contribution in [0.15, 0.2) is 27.2 Å². The summed E-state index contributed by atoms with van der Waals surface area (Å²) in [5.41, 5.74) is -0.699. The highest BCUT2D eigenvalue weighted by molar-refractivity contribution is 5.77. The van der Waals surface area contributed by atoms with E-state index < -0.39 is 29.8 Å². The molecule has 0 spiro atoms. The summed E-state index contributed by atoms with van der Waals surface area (Å²) in [4.78, 5) is 21.2. The zero-order valence-electron chi connectivity index (χ0n) is 17.2. The Morgan fingerprint density at radius 3 is 2.44 bits per heavy atom. The molecule has 178 valence electrons. The molecule has 1 aliphatic heterocycles. The molecule has 3 heterocycles. The number of nitrogens with one attached hydrogen (secondary N) is 1. The number of carbonyl (C=O) groups excluding carboxylic acids is 1. The van der Waals surface area contributed by atoms with Gasteiger partial charge in [-0.25, -0.2) is 4.79 Å². The number of carboxylic acids is 1. The lowest BCUT2D eigenvalue weighted by atomic mass is 9.85. The average molecular weight is 465 g/mol. The van der Waals surface area contributed by atoms with Crippen LogP contribution in [0.25, 0.3) is 11.7 Å². The van der Waals surface area contributed by atoms with Crippen LogP contribution < -0.4 is 5.32 Å². The fourth-order valence-corrected chi connectivity index (χ4v) is 2.94. The zero-order chi connectivity index (χ0) is 23.8. The van der Waals surface area contributed by atoms with Gasteiger partial charge in [0.25, 0.3) is 5.89 Å². The first kappa shape index (κ1) is 25.3. The zero-order valence-corrected chi connectivity index (χ0v) is 17.2. The average Bonchev–Trinajstić information content (AvgIpc) is 3.46. The van der Waals surface area contributed by atoms with E-state index in [1.54, 1.807) is 19.2 Å². The highest BCUT2D eigenvalue weighted by Crippen LogP contribution is 2.29. The first-order valence-electron chi connectivity index (χ1n) is 9.23. The number of methoxy groups -OCH3 is 2. The number of hydrogen-bond donors (Lipinski definition) is 2. The van der Waals surface area contributed by atoms with Crippen molar-refractivity contribution in [3.8, 4) is 11.7 Å². The van der Waals surface area contributed by atoms with Crippen molar-refractivity contribution in [2.24, 2.45) is 0 Å². The molecule has 0 saturated carbocycles. The molecule has 32 heavy (non-hydrogen) atoms. The fraction of sp³-hybridized carbons (Fsp3) is 0.556. The Hall–Kier alpha value is -2.97. The summed E-state index contributed by atoms with van der Waals surface area (Å²) in [6.45, 7) is 1.23. The predicted octanol–water partition coefficient (Wildman–Crippen LogP) is 1.79. The van der Waals surface area contributed by atoms with Gasteiger partial charge in [0.05, 0.1) is 25.5 Å². The van der Waals surface area contributed by atoms with Gasteiger partial charge in [0.2, 0.25) is 5.89 Å². The van der Waals surface area contributed by atoms with Gasteiger partial charge >= 0.3 is 18.1 Å². The minimum absolute atomic E-state index is 0.194. The molecule has 3 rings (SSSR count). The van der Waals surface area contributed by atoms with Crippen molar-refractivity contribution >= 4 is 11.9 Å². The van der Waals surface area contributed by atoms with Crippen LogP contribution in [-0.4, -0.2) is 72.5 Å². The second kappa shape index (κ2) is 11.1. The molecule has 1 fully saturated rings. The molecule has 1 unspecified atom stereocenters. The Morgan fingerprint density at radius 1 is 1.28 bits per heavy atom. The van der Waals surface area contributed by atoms with E-state index >= 15 is 0 Å². The van der Waals surface area contributed by atoms with Crippen molar-refractivity contribution in [3.05, 3.63) is 24.3 Å². The molecule has 1 atom stereocenters. The molecule has 2 aromatic rings. The molecule has 0 bridgehead atoms. The van der Waals surface area contributed by atoms with Crippen molar-refractivity contribution in [1.82, 2.24) is 15.5 Å². The number of alkyl halides is 3. The lowest BCUT2D eigenvalue weighted by Crippen LogP contribution is -2.59. The van der Waals surface area contributed by atoms with Crippen molar-refractivity contribution in [2.45, 2.75) is 37.2 Å². The SMILES string of the molecule is COC(=O)C(NCc1nnc(-c2ccco2)o1)C1(OC)CCOCC1.O=C(O)C(F)(F)F. The molecule has 1 saturated heterocycles. The van der Waals surface area contributed by atoms with Crippen LogP contribution in [0.4, 0.5) is 13.2 Å².